The van der Waals surface area contributed by atoms with Gasteiger partial charge in [-0.25, -0.2) is 24.5 Å². The maximum atomic E-state index is 15.5. The fourth-order valence-electron chi connectivity index (χ4n) is 8.30. The van der Waals surface area contributed by atoms with Crippen molar-refractivity contribution >= 4 is 78.6 Å². The quantitative estimate of drug-likeness (QED) is 0.0274. The van der Waals surface area contributed by atoms with Crippen molar-refractivity contribution in [3.63, 3.8) is 0 Å². The molecule has 1 aliphatic carbocycles. The van der Waals surface area contributed by atoms with Crippen molar-refractivity contribution in [3.8, 4) is 6.07 Å². The number of aliphatic hydroxyl groups excluding tert-OH is 1. The summed E-state index contributed by atoms with van der Waals surface area (Å²) in [5.41, 5.74) is 0.0440. The molecule has 25 nitrogen and oxygen atoms in total. The Bertz CT molecular complexity index is 3070. The van der Waals surface area contributed by atoms with Gasteiger partial charge in [-0.15, -0.1) is 0 Å². The number of aromatic nitrogens is 8. The number of fused-ring (bicyclic) bond motifs is 2. The van der Waals surface area contributed by atoms with Gasteiger partial charge in [-0.3, -0.25) is 47.4 Å². The molecule has 1 saturated heterocycles. The third kappa shape index (κ3) is 12.8. The second-order valence-corrected chi connectivity index (χ2v) is 34.0. The summed E-state index contributed by atoms with van der Waals surface area (Å²) in [6, 6.07) is 9.54. The molecular formula is C47H69N11O14P2Si2. The number of nitriles is 1. The van der Waals surface area contributed by atoms with Crippen LogP contribution in [0, 0.1) is 23.2 Å². The number of phosphoric acid groups is 1. The SMILES string of the molecule is CC(C)C(=O)Nc1nc2c(ncn2[C@@H]2C[C@H](CO)[C@@H](O[Si](C)(C)C(C)(C)C)[C@H]2OP(=O)(OCCC#N)OC[C@H]2O[C@@H](n3cnc4c(NC(=O)c5ccccc5)ncnc43)[C@H](O[Si](C)(C)C(C)(C)C)[C@@H]2O[PH](=O)O)c(=O)[nH]1. The minimum Gasteiger partial charge on any atom is -0.411 e. The molecule has 76 heavy (non-hydrogen) atoms. The zero-order chi connectivity index (χ0) is 55.7. The smallest absolute Gasteiger partial charge is 0.411 e. The number of aliphatic hydroxyl groups is 1. The number of hydrogen-bond acceptors (Lipinski definition) is 19. The Morgan fingerprint density at radius 1 is 0.921 bits per heavy atom. The third-order valence-electron chi connectivity index (χ3n) is 14.5. The molecule has 29 heteroatoms. The van der Waals surface area contributed by atoms with Gasteiger partial charge < -0.3 is 38.0 Å². The Kier molecular flexibility index (Phi) is 17.9. The van der Waals surface area contributed by atoms with Crippen LogP contribution in [0.25, 0.3) is 22.3 Å². The van der Waals surface area contributed by atoms with Crippen molar-refractivity contribution in [1.29, 1.82) is 5.26 Å². The number of anilines is 2. The number of aromatic amines is 1. The summed E-state index contributed by atoms with van der Waals surface area (Å²) in [7, 11) is -14.3. The topological polar surface area (TPSA) is 328 Å². The highest BCUT2D eigenvalue weighted by Gasteiger charge is 2.56. The Morgan fingerprint density at radius 3 is 2.18 bits per heavy atom. The Hall–Kier alpha value is -4.92. The van der Waals surface area contributed by atoms with E-state index in [2.05, 4.69) is 40.5 Å². The second kappa shape index (κ2) is 23.2. The minimum absolute atomic E-state index is 0.0348. The number of H-pyrrole nitrogens is 1. The molecule has 2 aliphatic rings. The summed E-state index contributed by atoms with van der Waals surface area (Å²) >= 11 is 0. The average Bonchev–Trinajstić information content (AvgIpc) is 4.12. The highest BCUT2D eigenvalue weighted by Crippen LogP contribution is 2.57. The fourth-order valence-corrected chi connectivity index (χ4v) is 12.9. The predicted molar refractivity (Wildman–Crippen MR) is 284 cm³/mol. The number of ether oxygens (including phenoxy) is 1. The van der Waals surface area contributed by atoms with Crippen LogP contribution in [0.4, 0.5) is 11.8 Å². The highest BCUT2D eigenvalue weighted by molar-refractivity contribution is 7.48. The standard InChI is InChI=1S/C47H69N11O14P2Si2/c1-27(2)41(60)55-45-54-40-33(43(62)56-45)52-25-57(40)30-21-29(22-59)34(71-75(9,10)46(3,4)5)35(30)70-74(65,66-20-16-19-48)67-23-31-36(69-73(63)64)37(72-76(11,12)47(6,7)8)44(68-31)58-26-51-32-38(49-24-50-39(32)58)53-42(61)28-17-14-13-15-18-28/h13-15,17-18,24-27,29-31,34-37,44,59,73H,16,20-23H2,1-12H3,(H,63,64)(H,49,50,53,61)(H2,54,55,56,60,62)/t29-,30-,31-,34-,35+,36-,37-,44-,74?/m1/s1. The van der Waals surface area contributed by atoms with Gasteiger partial charge in [-0.1, -0.05) is 73.6 Å². The lowest BCUT2D eigenvalue weighted by atomic mass is 10.1. The molecule has 7 rings (SSSR count). The summed E-state index contributed by atoms with van der Waals surface area (Å²) in [6.45, 7) is 21.9. The minimum atomic E-state index is -4.95. The number of rotatable bonds is 21. The molecule has 414 valence electrons. The van der Waals surface area contributed by atoms with Crippen LogP contribution in [0.1, 0.15) is 90.9 Å². The number of phosphoric ester groups is 1. The van der Waals surface area contributed by atoms with Gasteiger partial charge in [0.15, 0.2) is 51.0 Å². The number of nitrogens with zero attached hydrogens (tertiary/aromatic N) is 8. The summed E-state index contributed by atoms with van der Waals surface area (Å²) < 4.78 is 76.7. The molecule has 2 fully saturated rings. The Labute approximate surface area is 442 Å². The lowest BCUT2D eigenvalue weighted by Crippen LogP contribution is -2.49. The van der Waals surface area contributed by atoms with E-state index < -0.39 is 130 Å². The van der Waals surface area contributed by atoms with Crippen LogP contribution in [-0.2, 0) is 45.6 Å². The molecule has 2 amide bonds. The van der Waals surface area contributed by atoms with Crippen LogP contribution in [0.3, 0.4) is 0 Å². The highest BCUT2D eigenvalue weighted by atomic mass is 31.2. The molecule has 0 bridgehead atoms. The van der Waals surface area contributed by atoms with Gasteiger partial charge >= 0.3 is 16.1 Å². The van der Waals surface area contributed by atoms with Gasteiger partial charge in [0.05, 0.1) is 50.5 Å². The molecule has 4 aromatic heterocycles. The van der Waals surface area contributed by atoms with E-state index in [1.165, 1.54) is 28.1 Å². The maximum Gasteiger partial charge on any atom is 0.475 e. The number of benzene rings is 1. The number of nitrogens with one attached hydrogen (secondary N) is 3. The molecule has 1 saturated carbocycles. The van der Waals surface area contributed by atoms with Crippen LogP contribution in [0.5, 0.6) is 0 Å². The first-order valence-electron chi connectivity index (χ1n) is 24.9. The van der Waals surface area contributed by atoms with Crippen molar-refractivity contribution in [2.45, 2.75) is 147 Å². The van der Waals surface area contributed by atoms with Gasteiger partial charge in [-0.2, -0.15) is 10.2 Å². The van der Waals surface area contributed by atoms with E-state index in [0.717, 1.165) is 0 Å². The van der Waals surface area contributed by atoms with Crippen molar-refractivity contribution in [1.82, 2.24) is 39.0 Å². The molecule has 1 aromatic carbocycles. The largest absolute Gasteiger partial charge is 0.475 e. The lowest BCUT2D eigenvalue weighted by Gasteiger charge is -2.41. The van der Waals surface area contributed by atoms with Gasteiger partial charge in [0.1, 0.15) is 30.7 Å². The fraction of sp³-hybridized carbons (Fsp3) is 0.596. The molecule has 0 radical (unpaired) electrons. The normalized spacial score (nSPS) is 23.7. The molecule has 5 aromatic rings. The summed E-state index contributed by atoms with van der Waals surface area (Å²) in [4.78, 5) is 74.7. The summed E-state index contributed by atoms with van der Waals surface area (Å²) in [5, 5.41) is 25.3. The average molecular weight is 1130 g/mol. The van der Waals surface area contributed by atoms with Gasteiger partial charge in [0.2, 0.25) is 11.9 Å². The monoisotopic (exact) mass is 1130 g/mol. The van der Waals surface area contributed by atoms with E-state index in [4.69, 9.17) is 31.7 Å². The van der Waals surface area contributed by atoms with Crippen molar-refractivity contribution < 1.29 is 60.4 Å². The molecule has 1 aliphatic heterocycles. The molecule has 5 N–H and O–H groups in total. The first kappa shape index (κ1) is 58.8. The first-order valence-corrected chi connectivity index (χ1v) is 33.4. The van der Waals surface area contributed by atoms with E-state index in [1.807, 2.05) is 73.8 Å². The van der Waals surface area contributed by atoms with Crippen LogP contribution in [0.2, 0.25) is 36.3 Å². The molecule has 10 atom stereocenters. The second-order valence-electron chi connectivity index (χ2n) is 22.1. The van der Waals surface area contributed by atoms with E-state index in [0.29, 0.717) is 5.56 Å². The van der Waals surface area contributed by atoms with Crippen molar-refractivity contribution in [2.75, 3.05) is 30.5 Å². The molecule has 2 unspecified atom stereocenters. The number of hydrogen-bond donors (Lipinski definition) is 5. The maximum absolute atomic E-state index is 15.5. The Morgan fingerprint density at radius 2 is 1.57 bits per heavy atom. The number of carbonyl (C=O) groups excluding carboxylic acids is 2. The van der Waals surface area contributed by atoms with Crippen LogP contribution < -0.4 is 16.2 Å². The number of carbonyl (C=O) groups is 2. The first-order chi connectivity index (χ1) is 35.6. The van der Waals surface area contributed by atoms with E-state index in [-0.39, 0.29) is 52.0 Å². The van der Waals surface area contributed by atoms with Crippen LogP contribution in [0.15, 0.2) is 54.1 Å². The van der Waals surface area contributed by atoms with Crippen LogP contribution >= 0.6 is 16.1 Å². The predicted octanol–water partition coefficient (Wildman–Crippen LogP) is 7.25. The van der Waals surface area contributed by atoms with Crippen LogP contribution in [-0.4, -0.2) is 128 Å². The van der Waals surface area contributed by atoms with E-state index >= 15 is 4.57 Å². The molecular weight excluding hydrogens is 1060 g/mol. The van der Waals surface area contributed by atoms with E-state index in [9.17, 15) is 34.2 Å². The Balaban J connectivity index is 1.29. The zero-order valence-electron chi connectivity index (χ0n) is 44.7. The van der Waals surface area contributed by atoms with Gasteiger partial charge in [-0.05, 0) is 54.8 Å². The zero-order valence-corrected chi connectivity index (χ0v) is 48.6. The summed E-state index contributed by atoms with van der Waals surface area (Å²) in [5.74, 6) is -2.03. The van der Waals surface area contributed by atoms with Gasteiger partial charge in [0, 0.05) is 24.0 Å². The van der Waals surface area contributed by atoms with Crippen molar-refractivity contribution in [2.24, 2.45) is 11.8 Å². The molecule has 0 spiro atoms. The van der Waals surface area contributed by atoms with Gasteiger partial charge in [0.25, 0.3) is 11.5 Å². The summed E-state index contributed by atoms with van der Waals surface area (Å²) in [6.07, 6.45) is -3.56. The van der Waals surface area contributed by atoms with Crippen molar-refractivity contribution in [3.05, 3.63) is 65.2 Å². The number of imidazole rings is 2. The molecule has 5 heterocycles. The van der Waals surface area contributed by atoms with E-state index in [1.54, 1.807) is 44.2 Å². The third-order valence-corrected chi connectivity index (χ3v) is 25.4. The number of amides is 2. The lowest BCUT2D eigenvalue weighted by molar-refractivity contribution is -0.118.